The predicted octanol–water partition coefficient (Wildman–Crippen LogP) is 1.46. The third-order valence-corrected chi connectivity index (χ3v) is 2.61. The molecule has 0 aromatic rings. The topological polar surface area (TPSA) is 29.3 Å². The highest BCUT2D eigenvalue weighted by atomic mass is 15.1. The van der Waals surface area contributed by atoms with Gasteiger partial charge >= 0.3 is 0 Å². The van der Waals surface area contributed by atoms with E-state index in [0.717, 1.165) is 5.92 Å². The summed E-state index contributed by atoms with van der Waals surface area (Å²) in [5.74, 6) is 0.872. The van der Waals surface area contributed by atoms with Gasteiger partial charge in [-0.1, -0.05) is 6.92 Å². The summed E-state index contributed by atoms with van der Waals surface area (Å²) in [6, 6.07) is 0.386. The zero-order chi connectivity index (χ0) is 8.97. The fourth-order valence-corrected chi connectivity index (χ4v) is 2.15. The van der Waals surface area contributed by atoms with E-state index < -0.39 is 0 Å². The first kappa shape index (κ1) is 10.0. The average molecular weight is 170 g/mol. The van der Waals surface area contributed by atoms with Crippen LogP contribution in [0.3, 0.4) is 0 Å². The van der Waals surface area contributed by atoms with Gasteiger partial charge < -0.3 is 10.6 Å². The molecule has 0 aliphatic carbocycles. The summed E-state index contributed by atoms with van der Waals surface area (Å²) in [4.78, 5) is 2.56. The minimum atomic E-state index is 0.386. The molecule has 0 bridgehead atoms. The Morgan fingerprint density at radius 2 is 2.33 bits per heavy atom. The molecule has 0 radical (unpaired) electrons. The van der Waals surface area contributed by atoms with Crippen molar-refractivity contribution < 1.29 is 0 Å². The number of likely N-dealkylation sites (tertiary alicyclic amines) is 1. The van der Waals surface area contributed by atoms with Crippen molar-refractivity contribution in [3.63, 3.8) is 0 Å². The van der Waals surface area contributed by atoms with Gasteiger partial charge in [-0.3, -0.25) is 0 Å². The van der Waals surface area contributed by atoms with E-state index in [9.17, 15) is 0 Å². The van der Waals surface area contributed by atoms with Gasteiger partial charge in [-0.2, -0.15) is 0 Å². The van der Waals surface area contributed by atoms with Crippen LogP contribution in [-0.4, -0.2) is 30.6 Å². The molecule has 0 spiro atoms. The normalized spacial score (nSPS) is 27.8. The molecule has 2 heteroatoms. The molecule has 0 amide bonds. The highest BCUT2D eigenvalue weighted by Gasteiger charge is 2.21. The molecule has 0 saturated carbocycles. The summed E-state index contributed by atoms with van der Waals surface area (Å²) in [5, 5.41) is 0. The standard InChI is InChI=1S/C10H22N2/c1-3-5-12-6-4-10(8-12)7-9(2)11/h9-10H,3-8,11H2,1-2H3. The number of hydrogen-bond acceptors (Lipinski definition) is 2. The van der Waals surface area contributed by atoms with Crippen molar-refractivity contribution in [1.29, 1.82) is 0 Å². The van der Waals surface area contributed by atoms with Gasteiger partial charge in [0.1, 0.15) is 0 Å². The van der Waals surface area contributed by atoms with Crippen molar-refractivity contribution in [2.24, 2.45) is 11.7 Å². The molecule has 1 aliphatic rings. The molecule has 2 atom stereocenters. The van der Waals surface area contributed by atoms with Gasteiger partial charge in [0, 0.05) is 12.6 Å². The molecule has 1 rings (SSSR count). The van der Waals surface area contributed by atoms with Crippen LogP contribution in [0.5, 0.6) is 0 Å². The summed E-state index contributed by atoms with van der Waals surface area (Å²) in [6.07, 6.45) is 3.85. The molecule has 1 aliphatic heterocycles. The molecule has 0 aromatic carbocycles. The van der Waals surface area contributed by atoms with Crippen LogP contribution in [0.15, 0.2) is 0 Å². The molecule has 0 aromatic heterocycles. The summed E-state index contributed by atoms with van der Waals surface area (Å²) in [5.41, 5.74) is 5.77. The Labute approximate surface area is 76.1 Å². The number of nitrogens with zero attached hydrogens (tertiary/aromatic N) is 1. The Hall–Kier alpha value is -0.0800. The second-order valence-electron chi connectivity index (χ2n) is 4.17. The molecule has 2 unspecified atom stereocenters. The number of hydrogen-bond donors (Lipinski definition) is 1. The van der Waals surface area contributed by atoms with Crippen LogP contribution < -0.4 is 5.73 Å². The number of nitrogens with two attached hydrogens (primary N) is 1. The largest absolute Gasteiger partial charge is 0.328 e. The molecule has 1 saturated heterocycles. The van der Waals surface area contributed by atoms with Gasteiger partial charge in [0.15, 0.2) is 0 Å². The Morgan fingerprint density at radius 1 is 1.58 bits per heavy atom. The minimum Gasteiger partial charge on any atom is -0.328 e. The van der Waals surface area contributed by atoms with Crippen molar-refractivity contribution in [3.8, 4) is 0 Å². The van der Waals surface area contributed by atoms with Gasteiger partial charge in [-0.25, -0.2) is 0 Å². The van der Waals surface area contributed by atoms with Crippen LogP contribution >= 0.6 is 0 Å². The SMILES string of the molecule is CCCN1CCC(CC(C)N)C1. The van der Waals surface area contributed by atoms with E-state index in [-0.39, 0.29) is 0 Å². The van der Waals surface area contributed by atoms with Gasteiger partial charge in [0.2, 0.25) is 0 Å². The Kier molecular flexibility index (Phi) is 4.02. The smallest absolute Gasteiger partial charge is 0.00136 e. The lowest BCUT2D eigenvalue weighted by Crippen LogP contribution is -2.24. The Morgan fingerprint density at radius 3 is 2.92 bits per heavy atom. The van der Waals surface area contributed by atoms with Gasteiger partial charge in [-0.15, -0.1) is 0 Å². The zero-order valence-electron chi connectivity index (χ0n) is 8.42. The van der Waals surface area contributed by atoms with E-state index in [2.05, 4.69) is 18.7 Å². The first-order valence-corrected chi connectivity index (χ1v) is 5.20. The summed E-state index contributed by atoms with van der Waals surface area (Å²) in [6.45, 7) is 8.22. The highest BCUT2D eigenvalue weighted by molar-refractivity contribution is 4.77. The van der Waals surface area contributed by atoms with Crippen molar-refractivity contribution in [2.45, 2.75) is 39.2 Å². The van der Waals surface area contributed by atoms with Crippen LogP contribution in [0.25, 0.3) is 0 Å². The van der Waals surface area contributed by atoms with Crippen molar-refractivity contribution in [1.82, 2.24) is 4.90 Å². The summed E-state index contributed by atoms with van der Waals surface area (Å²) < 4.78 is 0. The minimum absolute atomic E-state index is 0.386. The summed E-state index contributed by atoms with van der Waals surface area (Å²) in [7, 11) is 0. The molecule has 1 fully saturated rings. The van der Waals surface area contributed by atoms with E-state index in [1.807, 2.05) is 0 Å². The Balaban J connectivity index is 2.16. The maximum absolute atomic E-state index is 5.77. The van der Waals surface area contributed by atoms with E-state index >= 15 is 0 Å². The van der Waals surface area contributed by atoms with Crippen LogP contribution in [0.4, 0.5) is 0 Å². The first-order valence-electron chi connectivity index (χ1n) is 5.20. The molecule has 12 heavy (non-hydrogen) atoms. The molecule has 2 N–H and O–H groups in total. The lowest BCUT2D eigenvalue weighted by atomic mass is 10.0. The maximum atomic E-state index is 5.77. The van der Waals surface area contributed by atoms with Crippen molar-refractivity contribution in [2.75, 3.05) is 19.6 Å². The number of rotatable bonds is 4. The highest BCUT2D eigenvalue weighted by Crippen LogP contribution is 2.20. The first-order chi connectivity index (χ1) is 5.72. The Bertz CT molecular complexity index is 123. The van der Waals surface area contributed by atoms with E-state index in [1.165, 1.54) is 38.9 Å². The molecule has 1 heterocycles. The molecular formula is C10H22N2. The van der Waals surface area contributed by atoms with E-state index in [1.54, 1.807) is 0 Å². The van der Waals surface area contributed by atoms with Crippen molar-refractivity contribution >= 4 is 0 Å². The fraction of sp³-hybridized carbons (Fsp3) is 1.00. The monoisotopic (exact) mass is 170 g/mol. The second-order valence-corrected chi connectivity index (χ2v) is 4.17. The van der Waals surface area contributed by atoms with Gasteiger partial charge in [0.25, 0.3) is 0 Å². The van der Waals surface area contributed by atoms with E-state index in [0.29, 0.717) is 6.04 Å². The van der Waals surface area contributed by atoms with Crippen LogP contribution in [0.2, 0.25) is 0 Å². The second kappa shape index (κ2) is 4.83. The summed E-state index contributed by atoms with van der Waals surface area (Å²) >= 11 is 0. The molecular weight excluding hydrogens is 148 g/mol. The third kappa shape index (κ3) is 3.11. The van der Waals surface area contributed by atoms with E-state index in [4.69, 9.17) is 5.73 Å². The molecule has 2 nitrogen and oxygen atoms in total. The maximum Gasteiger partial charge on any atom is 0.00136 e. The fourth-order valence-electron chi connectivity index (χ4n) is 2.15. The quantitative estimate of drug-likeness (QED) is 0.692. The lowest BCUT2D eigenvalue weighted by Gasteiger charge is -2.15. The lowest BCUT2D eigenvalue weighted by molar-refractivity contribution is 0.318. The van der Waals surface area contributed by atoms with Crippen LogP contribution in [0.1, 0.15) is 33.1 Å². The predicted molar refractivity (Wildman–Crippen MR) is 53.1 cm³/mol. The van der Waals surface area contributed by atoms with Gasteiger partial charge in [-0.05, 0) is 45.2 Å². The van der Waals surface area contributed by atoms with Gasteiger partial charge in [0.05, 0.1) is 0 Å². The van der Waals surface area contributed by atoms with Crippen LogP contribution in [-0.2, 0) is 0 Å². The third-order valence-electron chi connectivity index (χ3n) is 2.61. The average Bonchev–Trinajstić information content (AvgIpc) is 2.36. The molecule has 72 valence electrons. The zero-order valence-corrected chi connectivity index (χ0v) is 8.42. The van der Waals surface area contributed by atoms with Crippen LogP contribution in [0, 0.1) is 5.92 Å². The van der Waals surface area contributed by atoms with Crippen molar-refractivity contribution in [3.05, 3.63) is 0 Å².